The summed E-state index contributed by atoms with van der Waals surface area (Å²) in [5, 5.41) is 24.2. The lowest BCUT2D eigenvalue weighted by Gasteiger charge is -2.12. The average Bonchev–Trinajstić information content (AvgIpc) is 3.16. The molecule has 0 saturated heterocycles. The molecule has 1 unspecified atom stereocenters. The van der Waals surface area contributed by atoms with Gasteiger partial charge in [0.25, 0.3) is 5.56 Å². The third kappa shape index (κ3) is 3.87. The number of aromatic hydroxyl groups is 1. The monoisotopic (exact) mass is 391 g/mol. The van der Waals surface area contributed by atoms with Crippen LogP contribution in [0.25, 0.3) is 16.7 Å². The van der Waals surface area contributed by atoms with Gasteiger partial charge < -0.3 is 19.9 Å². The zero-order valence-corrected chi connectivity index (χ0v) is 15.8. The van der Waals surface area contributed by atoms with Crippen LogP contribution in [0.3, 0.4) is 0 Å². The van der Waals surface area contributed by atoms with Crippen molar-refractivity contribution in [1.82, 2.24) is 14.9 Å². The summed E-state index contributed by atoms with van der Waals surface area (Å²) in [7, 11) is 1.61. The van der Waals surface area contributed by atoms with Gasteiger partial charge in [-0.3, -0.25) is 14.7 Å². The van der Waals surface area contributed by atoms with Crippen molar-refractivity contribution in [3.05, 3.63) is 88.3 Å². The number of aliphatic hydroxyl groups excluding tert-OH is 1. The molecule has 0 spiro atoms. The van der Waals surface area contributed by atoms with Gasteiger partial charge in [-0.1, -0.05) is 18.2 Å². The van der Waals surface area contributed by atoms with Crippen LogP contribution in [0, 0.1) is 0 Å². The summed E-state index contributed by atoms with van der Waals surface area (Å²) in [6, 6.07) is 19.0. The highest BCUT2D eigenvalue weighted by Gasteiger charge is 2.14. The van der Waals surface area contributed by atoms with E-state index in [4.69, 9.17) is 4.74 Å². The molecular formula is C22H21N3O4. The molecule has 7 heteroatoms. The number of pyridine rings is 1. The largest absolute Gasteiger partial charge is 0.508 e. The van der Waals surface area contributed by atoms with E-state index < -0.39 is 6.23 Å². The fourth-order valence-corrected chi connectivity index (χ4v) is 3.28. The highest BCUT2D eigenvalue weighted by atomic mass is 16.5. The van der Waals surface area contributed by atoms with Gasteiger partial charge in [0.2, 0.25) is 0 Å². The van der Waals surface area contributed by atoms with Crippen molar-refractivity contribution in [2.24, 2.45) is 0 Å². The number of nitrogens with zero attached hydrogens (tertiary/aromatic N) is 1. The summed E-state index contributed by atoms with van der Waals surface area (Å²) in [4.78, 5) is 15.6. The Morgan fingerprint density at radius 2 is 1.93 bits per heavy atom. The third-order valence-corrected chi connectivity index (χ3v) is 4.71. The summed E-state index contributed by atoms with van der Waals surface area (Å²) in [6.07, 6.45) is -0.957. The number of H-pyrrole nitrogens is 1. The van der Waals surface area contributed by atoms with Gasteiger partial charge in [-0.2, -0.15) is 0 Å². The third-order valence-electron chi connectivity index (χ3n) is 4.71. The fraction of sp³-hybridized carbons (Fsp3) is 0.136. The first-order valence-corrected chi connectivity index (χ1v) is 9.13. The van der Waals surface area contributed by atoms with Crippen molar-refractivity contribution in [3.63, 3.8) is 0 Å². The number of nitrogens with one attached hydrogen (secondary N) is 2. The number of aromatic nitrogens is 2. The average molecular weight is 391 g/mol. The van der Waals surface area contributed by atoms with Crippen LogP contribution in [0.2, 0.25) is 0 Å². The molecule has 29 heavy (non-hydrogen) atoms. The first kappa shape index (κ1) is 18.8. The van der Waals surface area contributed by atoms with Gasteiger partial charge in [0.15, 0.2) is 0 Å². The van der Waals surface area contributed by atoms with Gasteiger partial charge in [-0.25, -0.2) is 0 Å². The Bertz CT molecular complexity index is 1210. The summed E-state index contributed by atoms with van der Waals surface area (Å²) in [5.41, 5.74) is 2.34. The number of methoxy groups -OCH3 is 1. The van der Waals surface area contributed by atoms with Crippen molar-refractivity contribution in [2.75, 3.05) is 7.11 Å². The predicted molar refractivity (Wildman–Crippen MR) is 110 cm³/mol. The molecule has 0 aliphatic rings. The van der Waals surface area contributed by atoms with Crippen molar-refractivity contribution in [1.29, 1.82) is 0 Å². The van der Waals surface area contributed by atoms with Gasteiger partial charge in [0, 0.05) is 24.1 Å². The number of fused-ring (bicyclic) bond motifs is 1. The number of rotatable bonds is 6. The maximum absolute atomic E-state index is 12.5. The lowest BCUT2D eigenvalue weighted by Crippen LogP contribution is -2.21. The smallest absolute Gasteiger partial charge is 0.256 e. The van der Waals surface area contributed by atoms with Gasteiger partial charge in [-0.15, -0.1) is 0 Å². The molecule has 1 atom stereocenters. The van der Waals surface area contributed by atoms with E-state index in [0.717, 1.165) is 16.7 Å². The van der Waals surface area contributed by atoms with E-state index in [1.807, 2.05) is 24.3 Å². The van der Waals surface area contributed by atoms with Crippen molar-refractivity contribution in [3.8, 4) is 17.2 Å². The molecule has 7 nitrogen and oxygen atoms in total. The molecular weight excluding hydrogens is 370 g/mol. The van der Waals surface area contributed by atoms with Crippen LogP contribution in [0.5, 0.6) is 11.5 Å². The summed E-state index contributed by atoms with van der Waals surface area (Å²) in [6.45, 7) is 0.438. The number of hydrogen-bond donors (Lipinski definition) is 4. The van der Waals surface area contributed by atoms with Crippen LogP contribution in [0.4, 0.5) is 0 Å². The molecule has 2 heterocycles. The normalized spacial score (nSPS) is 12.2. The van der Waals surface area contributed by atoms with Crippen molar-refractivity contribution >= 4 is 11.0 Å². The van der Waals surface area contributed by atoms with E-state index in [-0.39, 0.29) is 11.3 Å². The molecule has 0 radical (unpaired) electrons. The van der Waals surface area contributed by atoms with Gasteiger partial charge in [0.05, 0.1) is 18.5 Å². The molecule has 0 aliphatic heterocycles. The van der Waals surface area contributed by atoms with E-state index in [1.54, 1.807) is 37.4 Å². The summed E-state index contributed by atoms with van der Waals surface area (Å²) >= 11 is 0. The maximum atomic E-state index is 12.5. The summed E-state index contributed by atoms with van der Waals surface area (Å²) < 4.78 is 6.68. The second-order valence-electron chi connectivity index (χ2n) is 6.69. The Hall–Kier alpha value is -3.55. The number of benzene rings is 2. The molecule has 148 valence electrons. The molecule has 0 aliphatic carbocycles. The standard InChI is InChI=1S/C22H21N3O4/c1-29-18-7-2-4-14(10-18)13-23-22(28)19-11-15-8-9-20(27)25(21(15)24-19)16-5-3-6-17(26)12-16/h2-12,22-24,26,28H,13H2,1H3. The van der Waals surface area contributed by atoms with E-state index in [0.29, 0.717) is 23.6 Å². The van der Waals surface area contributed by atoms with Crippen LogP contribution in [0.15, 0.2) is 71.5 Å². The predicted octanol–water partition coefficient (Wildman–Crippen LogP) is 2.81. The highest BCUT2D eigenvalue weighted by Crippen LogP contribution is 2.22. The molecule has 0 saturated carbocycles. The zero-order chi connectivity index (χ0) is 20.4. The Labute approximate surface area is 166 Å². The Kier molecular flexibility index (Phi) is 5.07. The topological polar surface area (TPSA) is 99.5 Å². The van der Waals surface area contributed by atoms with Crippen LogP contribution in [-0.2, 0) is 6.54 Å². The number of ether oxygens (including phenoxy) is 1. The second-order valence-corrected chi connectivity index (χ2v) is 6.69. The number of hydrogen-bond acceptors (Lipinski definition) is 5. The van der Waals surface area contributed by atoms with Gasteiger partial charge in [0.1, 0.15) is 23.4 Å². The number of phenolic OH excluding ortho intramolecular Hbond substituents is 1. The minimum atomic E-state index is -0.957. The molecule has 4 aromatic rings. The molecule has 4 N–H and O–H groups in total. The van der Waals surface area contributed by atoms with E-state index >= 15 is 0 Å². The highest BCUT2D eigenvalue weighted by molar-refractivity contribution is 5.78. The van der Waals surface area contributed by atoms with Gasteiger partial charge >= 0.3 is 0 Å². The van der Waals surface area contributed by atoms with Crippen LogP contribution >= 0.6 is 0 Å². The number of aromatic amines is 1. The molecule has 0 fully saturated rings. The van der Waals surface area contributed by atoms with Crippen molar-refractivity contribution < 1.29 is 14.9 Å². The SMILES string of the molecule is COc1cccc(CNC(O)c2cc3ccc(=O)n(-c4cccc(O)c4)c3[nH]2)c1. The van der Waals surface area contributed by atoms with E-state index in [9.17, 15) is 15.0 Å². The first-order chi connectivity index (χ1) is 14.0. The molecule has 4 rings (SSSR count). The second kappa shape index (κ2) is 7.83. The quantitative estimate of drug-likeness (QED) is 0.379. The lowest BCUT2D eigenvalue weighted by molar-refractivity contribution is 0.133. The van der Waals surface area contributed by atoms with Crippen LogP contribution < -0.4 is 15.6 Å². The number of phenols is 1. The molecule has 2 aromatic carbocycles. The van der Waals surface area contributed by atoms with E-state index in [1.165, 1.54) is 16.7 Å². The Balaban J connectivity index is 1.63. The molecule has 0 amide bonds. The Morgan fingerprint density at radius 3 is 2.72 bits per heavy atom. The lowest BCUT2D eigenvalue weighted by atomic mass is 10.2. The van der Waals surface area contributed by atoms with Gasteiger partial charge in [-0.05, 0) is 42.0 Å². The molecule has 2 aromatic heterocycles. The van der Waals surface area contributed by atoms with Crippen LogP contribution in [0.1, 0.15) is 17.5 Å². The van der Waals surface area contributed by atoms with Crippen molar-refractivity contribution in [2.45, 2.75) is 12.8 Å². The van der Waals surface area contributed by atoms with E-state index in [2.05, 4.69) is 10.3 Å². The van der Waals surface area contributed by atoms with Crippen LogP contribution in [-0.4, -0.2) is 26.9 Å². The first-order valence-electron chi connectivity index (χ1n) is 9.13. The number of aliphatic hydroxyl groups is 1. The Morgan fingerprint density at radius 1 is 1.10 bits per heavy atom. The maximum Gasteiger partial charge on any atom is 0.256 e. The minimum absolute atomic E-state index is 0.0678. The fourth-order valence-electron chi connectivity index (χ4n) is 3.28. The molecule has 0 bridgehead atoms. The zero-order valence-electron chi connectivity index (χ0n) is 15.8. The minimum Gasteiger partial charge on any atom is -0.508 e. The summed E-state index contributed by atoms with van der Waals surface area (Å²) in [5.74, 6) is 0.817.